The maximum Gasteiger partial charge on any atom is 0.225 e. The number of piperazine rings is 1. The molecular weight excluding hydrogens is 362 g/mol. The standard InChI is InChI=1S/C22H39N7/c1-19-6-8-20(9-7-19)18-27(3)21(23-2)24-12-5-13-28-14-16-29(17-15-28)22-25-10-4-11-26-22/h4,10-11,19-20H,5-9,12-18H2,1-3H3,(H,23,24). The highest BCUT2D eigenvalue weighted by atomic mass is 15.3. The van der Waals surface area contributed by atoms with E-state index in [1.165, 1.54) is 25.7 Å². The van der Waals surface area contributed by atoms with Gasteiger partial charge in [0.1, 0.15) is 0 Å². The van der Waals surface area contributed by atoms with Crippen molar-refractivity contribution in [2.45, 2.75) is 39.0 Å². The molecule has 0 atom stereocenters. The fourth-order valence-corrected chi connectivity index (χ4v) is 4.50. The molecule has 162 valence electrons. The van der Waals surface area contributed by atoms with Crippen LogP contribution < -0.4 is 10.2 Å². The van der Waals surface area contributed by atoms with E-state index in [1.807, 2.05) is 25.5 Å². The van der Waals surface area contributed by atoms with Gasteiger partial charge in [0.05, 0.1) is 0 Å². The molecule has 2 aliphatic rings. The summed E-state index contributed by atoms with van der Waals surface area (Å²) >= 11 is 0. The Morgan fingerprint density at radius 2 is 1.83 bits per heavy atom. The number of hydrogen-bond donors (Lipinski definition) is 1. The maximum atomic E-state index is 4.49. The third-order valence-corrected chi connectivity index (χ3v) is 6.38. The molecule has 0 aromatic carbocycles. The molecule has 7 nitrogen and oxygen atoms in total. The molecule has 7 heteroatoms. The highest BCUT2D eigenvalue weighted by Gasteiger charge is 2.21. The topological polar surface area (TPSA) is 59.9 Å². The molecule has 1 N–H and O–H groups in total. The number of aliphatic imine (C=N–C) groups is 1. The van der Waals surface area contributed by atoms with E-state index in [-0.39, 0.29) is 0 Å². The van der Waals surface area contributed by atoms with Gasteiger partial charge >= 0.3 is 0 Å². The smallest absolute Gasteiger partial charge is 0.225 e. The van der Waals surface area contributed by atoms with Crippen LogP contribution in [-0.2, 0) is 0 Å². The highest BCUT2D eigenvalue weighted by Crippen LogP contribution is 2.28. The molecule has 0 amide bonds. The number of hydrogen-bond acceptors (Lipinski definition) is 5. The second-order valence-electron chi connectivity index (χ2n) is 8.71. The summed E-state index contributed by atoms with van der Waals surface area (Å²) < 4.78 is 0. The number of guanidine groups is 1. The van der Waals surface area contributed by atoms with Crippen LogP contribution in [0.5, 0.6) is 0 Å². The summed E-state index contributed by atoms with van der Waals surface area (Å²) in [6.45, 7) is 9.76. The third-order valence-electron chi connectivity index (χ3n) is 6.38. The lowest BCUT2D eigenvalue weighted by atomic mass is 9.83. The minimum absolute atomic E-state index is 0.819. The second kappa shape index (κ2) is 11.3. The van der Waals surface area contributed by atoms with Crippen LogP contribution in [0.15, 0.2) is 23.5 Å². The quantitative estimate of drug-likeness (QED) is 0.430. The van der Waals surface area contributed by atoms with Gasteiger partial charge in [-0.3, -0.25) is 9.89 Å². The summed E-state index contributed by atoms with van der Waals surface area (Å²) in [5, 5.41) is 3.56. The predicted octanol–water partition coefficient (Wildman–Crippen LogP) is 2.32. The Morgan fingerprint density at radius 3 is 2.48 bits per heavy atom. The van der Waals surface area contributed by atoms with Gasteiger partial charge in [-0.1, -0.05) is 19.8 Å². The maximum absolute atomic E-state index is 4.49. The van der Waals surface area contributed by atoms with Crippen molar-refractivity contribution in [1.29, 1.82) is 0 Å². The van der Waals surface area contributed by atoms with E-state index in [2.05, 4.69) is 48.9 Å². The number of nitrogens with zero attached hydrogens (tertiary/aromatic N) is 6. The summed E-state index contributed by atoms with van der Waals surface area (Å²) in [6.07, 6.45) is 10.3. The number of nitrogens with one attached hydrogen (secondary N) is 1. The Hall–Kier alpha value is -1.89. The molecule has 2 heterocycles. The van der Waals surface area contributed by atoms with Crippen LogP contribution in [0.3, 0.4) is 0 Å². The molecule has 0 spiro atoms. The van der Waals surface area contributed by atoms with Crippen molar-refractivity contribution in [3.8, 4) is 0 Å². The summed E-state index contributed by atoms with van der Waals surface area (Å²) in [7, 11) is 4.07. The monoisotopic (exact) mass is 401 g/mol. The lowest BCUT2D eigenvalue weighted by Crippen LogP contribution is -2.48. The Labute approximate surface area is 176 Å². The van der Waals surface area contributed by atoms with E-state index in [0.29, 0.717) is 0 Å². The van der Waals surface area contributed by atoms with E-state index in [0.717, 1.165) is 76.0 Å². The Morgan fingerprint density at radius 1 is 1.14 bits per heavy atom. The van der Waals surface area contributed by atoms with Gasteiger partial charge in [-0.05, 0) is 43.7 Å². The van der Waals surface area contributed by atoms with Crippen LogP contribution in [0.25, 0.3) is 0 Å². The molecule has 2 fully saturated rings. The molecule has 0 radical (unpaired) electrons. The van der Waals surface area contributed by atoms with Crippen molar-refractivity contribution in [2.75, 3.05) is 64.8 Å². The van der Waals surface area contributed by atoms with E-state index in [1.54, 1.807) is 0 Å². The van der Waals surface area contributed by atoms with Gasteiger partial charge in [-0.25, -0.2) is 9.97 Å². The van der Waals surface area contributed by atoms with Gasteiger partial charge in [0.2, 0.25) is 5.95 Å². The number of aromatic nitrogens is 2. The number of rotatable bonds is 7. The van der Waals surface area contributed by atoms with Crippen LogP contribution in [0.4, 0.5) is 5.95 Å². The SMILES string of the molecule is CN=C(NCCCN1CCN(c2ncccn2)CC1)N(C)CC1CCC(C)CC1. The zero-order chi connectivity index (χ0) is 20.5. The minimum atomic E-state index is 0.819. The Bertz CT molecular complexity index is 605. The average molecular weight is 402 g/mol. The van der Waals surface area contributed by atoms with Crippen LogP contribution in [0.2, 0.25) is 0 Å². The summed E-state index contributed by atoms with van der Waals surface area (Å²) in [4.78, 5) is 20.4. The molecule has 1 aromatic rings. The van der Waals surface area contributed by atoms with Crippen LogP contribution >= 0.6 is 0 Å². The normalized spacial score (nSPS) is 23.8. The van der Waals surface area contributed by atoms with Crippen molar-refractivity contribution >= 4 is 11.9 Å². The largest absolute Gasteiger partial charge is 0.356 e. The van der Waals surface area contributed by atoms with Crippen LogP contribution in [0.1, 0.15) is 39.0 Å². The summed E-state index contributed by atoms with van der Waals surface area (Å²) in [5.41, 5.74) is 0. The van der Waals surface area contributed by atoms with Gasteiger partial charge < -0.3 is 15.1 Å². The highest BCUT2D eigenvalue weighted by molar-refractivity contribution is 5.79. The van der Waals surface area contributed by atoms with Gasteiger partial charge in [0, 0.05) is 65.8 Å². The molecule has 1 aliphatic carbocycles. The van der Waals surface area contributed by atoms with Crippen molar-refractivity contribution in [3.63, 3.8) is 0 Å². The zero-order valence-electron chi connectivity index (χ0n) is 18.6. The van der Waals surface area contributed by atoms with Crippen molar-refractivity contribution < 1.29 is 0 Å². The first-order valence-electron chi connectivity index (χ1n) is 11.3. The van der Waals surface area contributed by atoms with Gasteiger partial charge in [-0.15, -0.1) is 0 Å². The van der Waals surface area contributed by atoms with Crippen molar-refractivity contribution in [2.24, 2.45) is 16.8 Å². The molecule has 1 aromatic heterocycles. The predicted molar refractivity (Wildman–Crippen MR) is 120 cm³/mol. The fourth-order valence-electron chi connectivity index (χ4n) is 4.50. The minimum Gasteiger partial charge on any atom is -0.356 e. The van der Waals surface area contributed by atoms with Crippen LogP contribution in [-0.4, -0.2) is 85.6 Å². The molecule has 3 rings (SSSR count). The van der Waals surface area contributed by atoms with E-state index in [9.17, 15) is 0 Å². The molecule has 1 aliphatic heterocycles. The van der Waals surface area contributed by atoms with Crippen molar-refractivity contribution in [1.82, 2.24) is 25.1 Å². The molecule has 1 saturated heterocycles. The van der Waals surface area contributed by atoms with E-state index < -0.39 is 0 Å². The fraction of sp³-hybridized carbons (Fsp3) is 0.773. The van der Waals surface area contributed by atoms with E-state index in [4.69, 9.17) is 0 Å². The molecule has 0 unspecified atom stereocenters. The van der Waals surface area contributed by atoms with Crippen LogP contribution in [0, 0.1) is 11.8 Å². The average Bonchev–Trinajstić information content (AvgIpc) is 2.76. The lowest BCUT2D eigenvalue weighted by molar-refractivity contribution is 0.247. The molecule has 29 heavy (non-hydrogen) atoms. The number of anilines is 1. The van der Waals surface area contributed by atoms with Gasteiger partial charge in [0.15, 0.2) is 5.96 Å². The van der Waals surface area contributed by atoms with Crippen molar-refractivity contribution in [3.05, 3.63) is 18.5 Å². The van der Waals surface area contributed by atoms with Gasteiger partial charge in [0.25, 0.3) is 0 Å². The lowest BCUT2D eigenvalue weighted by Gasteiger charge is -2.34. The molecule has 0 bridgehead atoms. The first-order valence-corrected chi connectivity index (χ1v) is 11.3. The summed E-state index contributed by atoms with van der Waals surface area (Å²) in [5.74, 6) is 3.62. The first kappa shape index (κ1) is 21.8. The van der Waals surface area contributed by atoms with E-state index >= 15 is 0 Å². The first-order chi connectivity index (χ1) is 14.2. The van der Waals surface area contributed by atoms with Gasteiger partial charge in [-0.2, -0.15) is 0 Å². The Balaban J connectivity index is 1.30. The molecular formula is C22H39N7. The third kappa shape index (κ3) is 6.84. The second-order valence-corrected chi connectivity index (χ2v) is 8.71. The zero-order valence-corrected chi connectivity index (χ0v) is 18.6. The summed E-state index contributed by atoms with van der Waals surface area (Å²) in [6, 6.07) is 1.87. The molecule has 1 saturated carbocycles. The Kier molecular flexibility index (Phi) is 8.52.